The van der Waals surface area contributed by atoms with Gasteiger partial charge in [-0.3, -0.25) is 0 Å². The van der Waals surface area contributed by atoms with Crippen LogP contribution in [0.15, 0.2) is 40.9 Å². The molecular weight excluding hydrogens is 279 g/mol. The van der Waals surface area contributed by atoms with Crippen molar-refractivity contribution in [1.29, 1.82) is 0 Å². The maximum absolute atomic E-state index is 13.3. The molecule has 0 radical (unpaired) electrons. The Morgan fingerprint density at radius 3 is 2.48 bits per heavy atom. The van der Waals surface area contributed by atoms with Crippen LogP contribution in [-0.4, -0.2) is 25.5 Å². The molecular formula is C14H9FN2O4. The molecule has 0 bridgehead atoms. The molecule has 0 atom stereocenters. The minimum atomic E-state index is -0.806. The third-order valence-electron chi connectivity index (χ3n) is 2.84. The number of nitrogens with zero attached hydrogens (tertiary/aromatic N) is 2. The fourth-order valence-corrected chi connectivity index (χ4v) is 1.79. The molecule has 0 aliphatic rings. The first kappa shape index (κ1) is 12.9. The third kappa shape index (κ3) is 2.36. The van der Waals surface area contributed by atoms with E-state index in [1.165, 1.54) is 30.3 Å². The normalized spacial score (nSPS) is 10.7. The smallest absolute Gasteiger partial charge is 0.262 e. The zero-order chi connectivity index (χ0) is 15.0. The van der Waals surface area contributed by atoms with Gasteiger partial charge in [0, 0.05) is 5.56 Å². The number of aromatic hydroxyl groups is 3. The standard InChI is InChI=1S/C14H9FN2O4/c15-10-5-7(1-3-12(10)20)13-16-14(21-17-13)9-6-8(18)2-4-11(9)19/h1-6,18-20H. The van der Waals surface area contributed by atoms with Crippen LogP contribution in [0.3, 0.4) is 0 Å². The van der Waals surface area contributed by atoms with E-state index >= 15 is 0 Å². The summed E-state index contributed by atoms with van der Waals surface area (Å²) in [5.74, 6) is -1.43. The summed E-state index contributed by atoms with van der Waals surface area (Å²) >= 11 is 0. The van der Waals surface area contributed by atoms with Crippen molar-refractivity contribution in [3.8, 4) is 40.1 Å². The molecule has 0 aliphatic heterocycles. The molecule has 7 heteroatoms. The Kier molecular flexibility index (Phi) is 2.94. The van der Waals surface area contributed by atoms with Crippen LogP contribution >= 0.6 is 0 Å². The summed E-state index contributed by atoms with van der Waals surface area (Å²) in [6.45, 7) is 0. The molecule has 0 unspecified atom stereocenters. The predicted octanol–water partition coefficient (Wildman–Crippen LogP) is 2.66. The number of hydrogen-bond donors (Lipinski definition) is 3. The van der Waals surface area contributed by atoms with Crippen LogP contribution in [0.5, 0.6) is 17.2 Å². The number of phenolic OH excluding ortho intramolecular Hbond substituents is 3. The number of benzene rings is 2. The van der Waals surface area contributed by atoms with Gasteiger partial charge in [-0.05, 0) is 36.4 Å². The Bertz CT molecular complexity index is 816. The van der Waals surface area contributed by atoms with Crippen molar-refractivity contribution in [2.45, 2.75) is 0 Å². The van der Waals surface area contributed by atoms with E-state index in [2.05, 4.69) is 10.1 Å². The van der Waals surface area contributed by atoms with E-state index in [9.17, 15) is 14.6 Å². The molecule has 3 aromatic rings. The molecule has 106 valence electrons. The van der Waals surface area contributed by atoms with Gasteiger partial charge < -0.3 is 19.8 Å². The van der Waals surface area contributed by atoms with E-state index in [-0.39, 0.29) is 28.8 Å². The Labute approximate surface area is 117 Å². The molecule has 1 heterocycles. The van der Waals surface area contributed by atoms with Crippen LogP contribution in [0.4, 0.5) is 4.39 Å². The summed E-state index contributed by atoms with van der Waals surface area (Å²) in [5.41, 5.74) is 0.466. The van der Waals surface area contributed by atoms with Crippen LogP contribution in [-0.2, 0) is 0 Å². The quantitative estimate of drug-likeness (QED) is 0.627. The molecule has 0 amide bonds. The lowest BCUT2D eigenvalue weighted by atomic mass is 10.2. The summed E-state index contributed by atoms with van der Waals surface area (Å²) < 4.78 is 18.3. The zero-order valence-electron chi connectivity index (χ0n) is 10.5. The summed E-state index contributed by atoms with van der Waals surface area (Å²) in [6, 6.07) is 7.53. The van der Waals surface area contributed by atoms with E-state index < -0.39 is 11.6 Å². The Morgan fingerprint density at radius 1 is 0.952 bits per heavy atom. The van der Waals surface area contributed by atoms with E-state index in [4.69, 9.17) is 9.63 Å². The molecule has 3 N–H and O–H groups in total. The molecule has 0 saturated heterocycles. The number of rotatable bonds is 2. The second kappa shape index (κ2) is 4.78. The second-order valence-electron chi connectivity index (χ2n) is 4.29. The highest BCUT2D eigenvalue weighted by atomic mass is 19.1. The average Bonchev–Trinajstić information content (AvgIpc) is 2.94. The van der Waals surface area contributed by atoms with Crippen molar-refractivity contribution >= 4 is 0 Å². The monoisotopic (exact) mass is 288 g/mol. The molecule has 21 heavy (non-hydrogen) atoms. The van der Waals surface area contributed by atoms with Crippen molar-refractivity contribution in [2.75, 3.05) is 0 Å². The summed E-state index contributed by atoms with van der Waals surface area (Å²) in [6.07, 6.45) is 0. The first-order chi connectivity index (χ1) is 10.0. The highest BCUT2D eigenvalue weighted by molar-refractivity contribution is 5.66. The van der Waals surface area contributed by atoms with E-state index in [1.54, 1.807) is 0 Å². The van der Waals surface area contributed by atoms with Crippen LogP contribution in [0, 0.1) is 5.82 Å². The van der Waals surface area contributed by atoms with E-state index in [0.29, 0.717) is 5.56 Å². The molecule has 0 fully saturated rings. The van der Waals surface area contributed by atoms with Crippen LogP contribution in [0.1, 0.15) is 0 Å². The van der Waals surface area contributed by atoms with Crippen molar-refractivity contribution in [3.05, 3.63) is 42.2 Å². The first-order valence-corrected chi connectivity index (χ1v) is 5.89. The second-order valence-corrected chi connectivity index (χ2v) is 4.29. The van der Waals surface area contributed by atoms with Gasteiger partial charge in [0.05, 0.1) is 5.56 Å². The van der Waals surface area contributed by atoms with Crippen LogP contribution in [0.2, 0.25) is 0 Å². The van der Waals surface area contributed by atoms with Gasteiger partial charge >= 0.3 is 0 Å². The maximum Gasteiger partial charge on any atom is 0.262 e. The lowest BCUT2D eigenvalue weighted by molar-refractivity contribution is 0.423. The number of hydrogen-bond acceptors (Lipinski definition) is 6. The van der Waals surface area contributed by atoms with E-state index in [0.717, 1.165) is 6.07 Å². The number of phenols is 3. The Balaban J connectivity index is 2.03. The summed E-state index contributed by atoms with van der Waals surface area (Å²) in [5, 5.41) is 31.9. The number of aromatic nitrogens is 2. The fourth-order valence-electron chi connectivity index (χ4n) is 1.79. The molecule has 1 aromatic heterocycles. The summed E-state index contributed by atoms with van der Waals surface area (Å²) in [4.78, 5) is 4.03. The topological polar surface area (TPSA) is 99.6 Å². The molecule has 0 aliphatic carbocycles. The van der Waals surface area contributed by atoms with Gasteiger partial charge in [0.2, 0.25) is 5.82 Å². The first-order valence-electron chi connectivity index (χ1n) is 5.89. The lowest BCUT2D eigenvalue weighted by Crippen LogP contribution is -1.84. The van der Waals surface area contributed by atoms with Gasteiger partial charge in [-0.1, -0.05) is 5.16 Å². The van der Waals surface area contributed by atoms with Crippen molar-refractivity contribution in [3.63, 3.8) is 0 Å². The Hall–Kier alpha value is -3.09. The number of halogens is 1. The van der Waals surface area contributed by atoms with Gasteiger partial charge in [0.25, 0.3) is 5.89 Å². The minimum Gasteiger partial charge on any atom is -0.508 e. The van der Waals surface area contributed by atoms with Crippen LogP contribution in [0.25, 0.3) is 22.8 Å². The van der Waals surface area contributed by atoms with E-state index in [1.807, 2.05) is 0 Å². The van der Waals surface area contributed by atoms with Gasteiger partial charge in [0.1, 0.15) is 11.5 Å². The van der Waals surface area contributed by atoms with Crippen molar-refractivity contribution in [1.82, 2.24) is 10.1 Å². The minimum absolute atomic E-state index is 0.0214. The lowest BCUT2D eigenvalue weighted by Gasteiger charge is -1.99. The van der Waals surface area contributed by atoms with Crippen molar-refractivity contribution in [2.24, 2.45) is 0 Å². The molecule has 0 saturated carbocycles. The zero-order valence-corrected chi connectivity index (χ0v) is 10.5. The van der Waals surface area contributed by atoms with Crippen LogP contribution < -0.4 is 0 Å². The maximum atomic E-state index is 13.3. The van der Waals surface area contributed by atoms with Gasteiger partial charge in [-0.15, -0.1) is 0 Å². The fraction of sp³-hybridized carbons (Fsp3) is 0. The molecule has 3 rings (SSSR count). The molecule has 6 nitrogen and oxygen atoms in total. The summed E-state index contributed by atoms with van der Waals surface area (Å²) in [7, 11) is 0. The molecule has 0 spiro atoms. The molecule has 2 aromatic carbocycles. The highest BCUT2D eigenvalue weighted by Gasteiger charge is 2.15. The average molecular weight is 288 g/mol. The Morgan fingerprint density at radius 2 is 1.71 bits per heavy atom. The van der Waals surface area contributed by atoms with Gasteiger partial charge in [-0.25, -0.2) is 4.39 Å². The predicted molar refractivity (Wildman–Crippen MR) is 70.1 cm³/mol. The SMILES string of the molecule is Oc1ccc(O)c(-c2nc(-c3ccc(O)c(F)c3)no2)c1. The van der Waals surface area contributed by atoms with Gasteiger partial charge in [0.15, 0.2) is 11.6 Å². The highest BCUT2D eigenvalue weighted by Crippen LogP contribution is 2.32. The third-order valence-corrected chi connectivity index (χ3v) is 2.84. The van der Waals surface area contributed by atoms with Gasteiger partial charge in [-0.2, -0.15) is 4.98 Å². The largest absolute Gasteiger partial charge is 0.508 e. The van der Waals surface area contributed by atoms with Crippen molar-refractivity contribution < 1.29 is 24.2 Å².